The summed E-state index contributed by atoms with van der Waals surface area (Å²) in [6.45, 7) is 2.01. The topological polar surface area (TPSA) is 79.6 Å². The van der Waals surface area contributed by atoms with Crippen molar-refractivity contribution in [2.75, 3.05) is 10.2 Å². The summed E-state index contributed by atoms with van der Waals surface area (Å²) >= 11 is 6.14. The van der Waals surface area contributed by atoms with Gasteiger partial charge in [0.25, 0.3) is 0 Å². The number of rotatable bonds is 4. The number of amides is 1. The molecule has 1 aromatic heterocycles. The van der Waals surface area contributed by atoms with Gasteiger partial charge in [-0.2, -0.15) is 0 Å². The van der Waals surface area contributed by atoms with Crippen molar-refractivity contribution in [2.45, 2.75) is 24.4 Å². The summed E-state index contributed by atoms with van der Waals surface area (Å²) in [5, 5.41) is 3.52. The lowest BCUT2D eigenvalue weighted by Gasteiger charge is -2.37. The second-order valence-corrected chi connectivity index (χ2v) is 10.7. The molecule has 39 heavy (non-hydrogen) atoms. The number of hydrogen-bond acceptors (Lipinski definition) is 5. The SMILES string of the molecule is Cc1ccc2c(c1)C=C[C@@H]1N2[C@H](C(=O)c2ccc(Cl)cc2)[C@H](C(=O)c2ccco2)[C@]12C(=O)Nc1ccccc12. The Balaban J connectivity index is 1.54. The largest absolute Gasteiger partial charge is 0.461 e. The van der Waals surface area contributed by atoms with E-state index in [4.69, 9.17) is 16.0 Å². The van der Waals surface area contributed by atoms with Crippen LogP contribution in [0.5, 0.6) is 0 Å². The van der Waals surface area contributed by atoms with E-state index in [1.165, 1.54) is 6.26 Å². The molecule has 6 nitrogen and oxygen atoms in total. The van der Waals surface area contributed by atoms with Gasteiger partial charge in [-0.05, 0) is 72.6 Å². The highest BCUT2D eigenvalue weighted by atomic mass is 35.5. The van der Waals surface area contributed by atoms with Gasteiger partial charge in [0.2, 0.25) is 11.7 Å². The maximum Gasteiger partial charge on any atom is 0.238 e. The number of Topliss-reactive ketones (excluding diaryl/α,β-unsaturated/α-hetero) is 2. The Labute approximate surface area is 229 Å². The molecule has 7 rings (SSSR count). The predicted octanol–water partition coefficient (Wildman–Crippen LogP) is 6.10. The minimum absolute atomic E-state index is 0.110. The van der Waals surface area contributed by atoms with Gasteiger partial charge in [0.15, 0.2) is 11.5 Å². The first-order valence-electron chi connectivity index (χ1n) is 12.8. The van der Waals surface area contributed by atoms with Gasteiger partial charge in [0.1, 0.15) is 11.5 Å². The molecule has 1 N–H and O–H groups in total. The van der Waals surface area contributed by atoms with Gasteiger partial charge in [-0.25, -0.2) is 0 Å². The van der Waals surface area contributed by atoms with Gasteiger partial charge in [-0.3, -0.25) is 14.4 Å². The van der Waals surface area contributed by atoms with Crippen molar-refractivity contribution in [1.82, 2.24) is 0 Å². The third kappa shape index (κ3) is 3.25. The number of carbonyl (C=O) groups is 3. The number of nitrogens with zero attached hydrogens (tertiary/aromatic N) is 1. The third-order valence-corrected chi connectivity index (χ3v) is 8.48. The summed E-state index contributed by atoms with van der Waals surface area (Å²) < 4.78 is 5.58. The van der Waals surface area contributed by atoms with E-state index in [1.807, 2.05) is 66.4 Å². The number of nitrogens with one attached hydrogen (secondary N) is 1. The summed E-state index contributed by atoms with van der Waals surface area (Å²) in [7, 11) is 0. The third-order valence-electron chi connectivity index (χ3n) is 8.23. The van der Waals surface area contributed by atoms with Gasteiger partial charge in [0.05, 0.1) is 18.2 Å². The van der Waals surface area contributed by atoms with Gasteiger partial charge in [-0.15, -0.1) is 0 Å². The van der Waals surface area contributed by atoms with Crippen molar-refractivity contribution < 1.29 is 18.8 Å². The van der Waals surface area contributed by atoms with Crippen molar-refractivity contribution >= 4 is 46.5 Å². The van der Waals surface area contributed by atoms with Gasteiger partial charge >= 0.3 is 0 Å². The number of benzene rings is 3. The molecule has 1 fully saturated rings. The van der Waals surface area contributed by atoms with E-state index in [9.17, 15) is 14.4 Å². The van der Waals surface area contributed by atoms with E-state index < -0.39 is 29.2 Å². The number of carbonyl (C=O) groups excluding carboxylic acids is 3. The summed E-state index contributed by atoms with van der Waals surface area (Å²) in [5.74, 6) is -1.93. The van der Waals surface area contributed by atoms with Crippen LogP contribution in [0.25, 0.3) is 6.08 Å². The fourth-order valence-electron chi connectivity index (χ4n) is 6.66. The molecule has 4 heterocycles. The maximum atomic E-state index is 14.5. The molecule has 3 aliphatic heterocycles. The molecule has 0 aliphatic carbocycles. The molecule has 0 unspecified atom stereocenters. The van der Waals surface area contributed by atoms with Crippen LogP contribution < -0.4 is 10.2 Å². The summed E-state index contributed by atoms with van der Waals surface area (Å²) in [4.78, 5) is 45.1. The molecule has 1 saturated heterocycles. The molecule has 192 valence electrons. The van der Waals surface area contributed by atoms with E-state index in [0.29, 0.717) is 21.8 Å². The molecule has 0 bridgehead atoms. The molecular formula is C32H23ClN2O4. The Morgan fingerprint density at radius 1 is 0.974 bits per heavy atom. The Bertz CT molecular complexity index is 1690. The summed E-state index contributed by atoms with van der Waals surface area (Å²) in [6.07, 6.45) is 5.38. The average molecular weight is 535 g/mol. The number of furan rings is 1. The Kier molecular flexibility index (Phi) is 5.19. The van der Waals surface area contributed by atoms with Gasteiger partial charge in [0, 0.05) is 22.0 Å². The van der Waals surface area contributed by atoms with Crippen LogP contribution in [-0.2, 0) is 10.2 Å². The number of anilines is 2. The zero-order chi connectivity index (χ0) is 26.9. The number of halogens is 1. The highest BCUT2D eigenvalue weighted by Gasteiger charge is 2.70. The van der Waals surface area contributed by atoms with Crippen LogP contribution in [0.3, 0.4) is 0 Å². The monoisotopic (exact) mass is 534 g/mol. The average Bonchev–Trinajstić information content (AvgIpc) is 3.65. The molecule has 3 aliphatic rings. The Hall–Kier alpha value is -4.42. The van der Waals surface area contributed by atoms with Gasteiger partial charge < -0.3 is 14.6 Å². The van der Waals surface area contributed by atoms with E-state index in [0.717, 1.165) is 16.8 Å². The number of para-hydroxylation sites is 1. The fraction of sp³-hybridized carbons (Fsp3) is 0.156. The van der Waals surface area contributed by atoms with E-state index >= 15 is 0 Å². The second-order valence-electron chi connectivity index (χ2n) is 10.3. The van der Waals surface area contributed by atoms with Crippen molar-refractivity contribution in [1.29, 1.82) is 0 Å². The minimum Gasteiger partial charge on any atom is -0.461 e. The first-order chi connectivity index (χ1) is 18.9. The smallest absolute Gasteiger partial charge is 0.238 e. The summed E-state index contributed by atoms with van der Waals surface area (Å²) in [5.41, 5.74) is 3.17. The minimum atomic E-state index is -1.37. The first kappa shape index (κ1) is 23.7. The Morgan fingerprint density at radius 2 is 1.77 bits per heavy atom. The highest BCUT2D eigenvalue weighted by molar-refractivity contribution is 6.30. The van der Waals surface area contributed by atoms with Crippen LogP contribution in [0, 0.1) is 12.8 Å². The van der Waals surface area contributed by atoms with Crippen molar-refractivity contribution in [3.05, 3.63) is 124 Å². The number of hydrogen-bond donors (Lipinski definition) is 1. The zero-order valence-electron chi connectivity index (χ0n) is 20.9. The number of aryl methyl sites for hydroxylation is 1. The fourth-order valence-corrected chi connectivity index (χ4v) is 6.78. The molecular weight excluding hydrogens is 512 g/mol. The Morgan fingerprint density at radius 3 is 2.54 bits per heavy atom. The van der Waals surface area contributed by atoms with E-state index in [2.05, 4.69) is 5.32 Å². The molecule has 4 aromatic rings. The number of fused-ring (bicyclic) bond motifs is 6. The van der Waals surface area contributed by atoms with Crippen LogP contribution in [0.15, 0.2) is 95.6 Å². The second kappa shape index (κ2) is 8.55. The van der Waals surface area contributed by atoms with Crippen molar-refractivity contribution in [2.24, 2.45) is 5.92 Å². The van der Waals surface area contributed by atoms with Crippen LogP contribution >= 0.6 is 11.6 Å². The maximum absolute atomic E-state index is 14.5. The molecule has 0 saturated carbocycles. The van der Waals surface area contributed by atoms with Crippen LogP contribution in [0.1, 0.15) is 37.6 Å². The van der Waals surface area contributed by atoms with Crippen molar-refractivity contribution in [3.63, 3.8) is 0 Å². The first-order valence-corrected chi connectivity index (χ1v) is 13.1. The quantitative estimate of drug-likeness (QED) is 0.320. The van der Waals surface area contributed by atoms with Crippen LogP contribution in [0.4, 0.5) is 11.4 Å². The summed E-state index contributed by atoms with van der Waals surface area (Å²) in [6, 6.07) is 21.7. The highest BCUT2D eigenvalue weighted by Crippen LogP contribution is 2.58. The van der Waals surface area contributed by atoms with Crippen LogP contribution in [0.2, 0.25) is 5.02 Å². The van der Waals surface area contributed by atoms with E-state index in [1.54, 1.807) is 36.4 Å². The van der Waals surface area contributed by atoms with Crippen LogP contribution in [-0.4, -0.2) is 29.6 Å². The molecule has 7 heteroatoms. The lowest BCUT2D eigenvalue weighted by Crippen LogP contribution is -2.51. The predicted molar refractivity (Wildman–Crippen MR) is 149 cm³/mol. The molecule has 3 aromatic carbocycles. The molecule has 1 spiro atoms. The lowest BCUT2D eigenvalue weighted by molar-refractivity contribution is -0.121. The molecule has 0 radical (unpaired) electrons. The van der Waals surface area contributed by atoms with Gasteiger partial charge in [-0.1, -0.05) is 53.6 Å². The normalized spacial score (nSPS) is 24.3. The standard InChI is InChI=1S/C32H23ClN2O4/c1-18-8-14-24-20(17-18)11-15-26-32(22-5-2-3-6-23(22)34-31(32)38)27(30(37)25-7-4-16-39-25)28(35(24)26)29(36)19-9-12-21(33)13-10-19/h2-17,26-28H,1H3,(H,34,38)/t26-,27+,28-,32+/m0/s1. The molecule has 1 amide bonds. The number of ketones is 2. The van der Waals surface area contributed by atoms with E-state index in [-0.39, 0.29) is 17.5 Å². The lowest BCUT2D eigenvalue weighted by atomic mass is 9.64. The van der Waals surface area contributed by atoms with Crippen molar-refractivity contribution in [3.8, 4) is 0 Å². The zero-order valence-corrected chi connectivity index (χ0v) is 21.7. The molecule has 4 atom stereocenters.